The Balaban J connectivity index is 1.52. The summed E-state index contributed by atoms with van der Waals surface area (Å²) in [4.78, 5) is 29.1. The minimum absolute atomic E-state index is 0.00976. The van der Waals surface area contributed by atoms with E-state index in [-0.39, 0.29) is 5.91 Å². The number of anilines is 1. The Kier molecular flexibility index (Phi) is 4.78. The Bertz CT molecular complexity index is 705. The van der Waals surface area contributed by atoms with Gasteiger partial charge in [0.2, 0.25) is 0 Å². The van der Waals surface area contributed by atoms with Crippen LogP contribution in [-0.2, 0) is 7.05 Å². The molecule has 7 heteroatoms. The molecule has 0 spiro atoms. The molecule has 0 aromatic carbocycles. The van der Waals surface area contributed by atoms with Gasteiger partial charge >= 0.3 is 0 Å². The van der Waals surface area contributed by atoms with Gasteiger partial charge in [0.15, 0.2) is 0 Å². The molecular weight excluding hydrogens is 304 g/mol. The summed E-state index contributed by atoms with van der Waals surface area (Å²) in [5.41, 5.74) is 1.50. The van der Waals surface area contributed by atoms with Crippen molar-refractivity contribution in [3.05, 3.63) is 36.3 Å². The summed E-state index contributed by atoms with van der Waals surface area (Å²) < 4.78 is 1.79. The number of piperidine rings is 1. The van der Waals surface area contributed by atoms with Crippen LogP contribution in [0.1, 0.15) is 29.0 Å². The standard InChI is InChI=1S/C17H24N6O/c1-13-8-16(19-11-18-13)23-6-4-14(5-7-23)9-22(3)17(24)15-10-21(2)12-20-15/h8,10-12,14H,4-7,9H2,1-3H3. The van der Waals surface area contributed by atoms with E-state index in [4.69, 9.17) is 0 Å². The van der Waals surface area contributed by atoms with Crippen LogP contribution in [-0.4, -0.2) is 57.0 Å². The zero-order valence-electron chi connectivity index (χ0n) is 14.5. The van der Waals surface area contributed by atoms with Gasteiger partial charge < -0.3 is 14.4 Å². The molecule has 0 saturated carbocycles. The Hall–Kier alpha value is -2.44. The van der Waals surface area contributed by atoms with Crippen molar-refractivity contribution in [2.45, 2.75) is 19.8 Å². The van der Waals surface area contributed by atoms with Crippen molar-refractivity contribution in [1.29, 1.82) is 0 Å². The maximum atomic E-state index is 12.4. The number of hydrogen-bond acceptors (Lipinski definition) is 5. The largest absolute Gasteiger partial charge is 0.356 e. The summed E-state index contributed by atoms with van der Waals surface area (Å²) in [5.74, 6) is 1.50. The molecule has 3 rings (SSSR count). The van der Waals surface area contributed by atoms with Crippen LogP contribution in [0.25, 0.3) is 0 Å². The van der Waals surface area contributed by atoms with Gasteiger partial charge in [-0.25, -0.2) is 15.0 Å². The van der Waals surface area contributed by atoms with Gasteiger partial charge in [0, 0.05) is 51.7 Å². The monoisotopic (exact) mass is 328 g/mol. The van der Waals surface area contributed by atoms with E-state index in [1.165, 1.54) is 0 Å². The molecule has 1 saturated heterocycles. The van der Waals surface area contributed by atoms with Crippen molar-refractivity contribution >= 4 is 11.7 Å². The van der Waals surface area contributed by atoms with Gasteiger partial charge in [-0.1, -0.05) is 0 Å². The molecule has 2 aromatic heterocycles. The van der Waals surface area contributed by atoms with Gasteiger partial charge in [-0.05, 0) is 25.7 Å². The van der Waals surface area contributed by atoms with Gasteiger partial charge in [-0.15, -0.1) is 0 Å². The van der Waals surface area contributed by atoms with E-state index in [0.717, 1.165) is 44.0 Å². The molecular formula is C17H24N6O. The van der Waals surface area contributed by atoms with E-state index >= 15 is 0 Å². The topological polar surface area (TPSA) is 67.2 Å². The third-order valence-electron chi connectivity index (χ3n) is 4.53. The normalized spacial score (nSPS) is 15.5. The van der Waals surface area contributed by atoms with Crippen LogP contribution in [0, 0.1) is 12.8 Å². The van der Waals surface area contributed by atoms with Gasteiger partial charge in [-0.3, -0.25) is 4.79 Å². The van der Waals surface area contributed by atoms with Crippen molar-refractivity contribution in [3.63, 3.8) is 0 Å². The maximum Gasteiger partial charge on any atom is 0.273 e. The number of nitrogens with zero attached hydrogens (tertiary/aromatic N) is 6. The van der Waals surface area contributed by atoms with Gasteiger partial charge in [0.25, 0.3) is 5.91 Å². The first-order chi connectivity index (χ1) is 11.5. The highest BCUT2D eigenvalue weighted by molar-refractivity contribution is 5.91. The van der Waals surface area contributed by atoms with Crippen LogP contribution in [0.4, 0.5) is 5.82 Å². The van der Waals surface area contributed by atoms with Crippen molar-refractivity contribution in [1.82, 2.24) is 24.4 Å². The highest BCUT2D eigenvalue weighted by atomic mass is 16.2. The van der Waals surface area contributed by atoms with Crippen LogP contribution >= 0.6 is 0 Å². The Morgan fingerprint density at radius 1 is 1.29 bits per heavy atom. The molecule has 0 aliphatic carbocycles. The Morgan fingerprint density at radius 3 is 2.67 bits per heavy atom. The number of aryl methyl sites for hydroxylation is 2. The number of aromatic nitrogens is 4. The summed E-state index contributed by atoms with van der Waals surface area (Å²) in [7, 11) is 3.73. The highest BCUT2D eigenvalue weighted by Gasteiger charge is 2.24. The number of rotatable bonds is 4. The molecule has 1 aliphatic heterocycles. The predicted molar refractivity (Wildman–Crippen MR) is 91.9 cm³/mol. The molecule has 3 heterocycles. The SMILES string of the molecule is Cc1cc(N2CCC(CN(C)C(=O)c3cn(C)cn3)CC2)ncn1. The lowest BCUT2D eigenvalue weighted by atomic mass is 9.96. The predicted octanol–water partition coefficient (Wildman–Crippen LogP) is 1.51. The van der Waals surface area contributed by atoms with Crippen LogP contribution in [0.3, 0.4) is 0 Å². The first kappa shape index (κ1) is 16.4. The first-order valence-electron chi connectivity index (χ1n) is 8.30. The van der Waals surface area contributed by atoms with E-state index in [9.17, 15) is 4.79 Å². The first-order valence-corrected chi connectivity index (χ1v) is 8.30. The zero-order valence-corrected chi connectivity index (χ0v) is 14.5. The summed E-state index contributed by atoms with van der Waals surface area (Å²) in [6, 6.07) is 2.02. The number of amides is 1. The van der Waals surface area contributed by atoms with Crippen LogP contribution in [0.5, 0.6) is 0 Å². The molecule has 2 aromatic rings. The second-order valence-corrected chi connectivity index (χ2v) is 6.56. The van der Waals surface area contributed by atoms with Crippen molar-refractivity contribution in [3.8, 4) is 0 Å². The summed E-state index contributed by atoms with van der Waals surface area (Å²) >= 11 is 0. The minimum atomic E-state index is -0.00976. The number of imidazole rings is 1. The van der Waals surface area contributed by atoms with E-state index < -0.39 is 0 Å². The fraction of sp³-hybridized carbons (Fsp3) is 0.529. The van der Waals surface area contributed by atoms with Gasteiger partial charge in [-0.2, -0.15) is 0 Å². The summed E-state index contributed by atoms with van der Waals surface area (Å²) in [5, 5.41) is 0. The molecule has 1 amide bonds. The molecule has 0 bridgehead atoms. The second kappa shape index (κ2) is 6.98. The van der Waals surface area contributed by atoms with Crippen LogP contribution in [0.15, 0.2) is 24.9 Å². The van der Waals surface area contributed by atoms with Crippen LogP contribution < -0.4 is 4.90 Å². The lowest BCUT2D eigenvalue weighted by Gasteiger charge is -2.34. The lowest BCUT2D eigenvalue weighted by Crippen LogP contribution is -2.39. The number of hydrogen-bond donors (Lipinski definition) is 0. The fourth-order valence-corrected chi connectivity index (χ4v) is 3.15. The Labute approximate surface area is 142 Å². The zero-order chi connectivity index (χ0) is 17.1. The average molecular weight is 328 g/mol. The molecule has 0 atom stereocenters. The average Bonchev–Trinajstić information content (AvgIpc) is 3.01. The molecule has 128 valence electrons. The van der Waals surface area contributed by atoms with Gasteiger partial charge in [0.05, 0.1) is 6.33 Å². The molecule has 0 radical (unpaired) electrons. The molecule has 24 heavy (non-hydrogen) atoms. The maximum absolute atomic E-state index is 12.4. The van der Waals surface area contributed by atoms with E-state index in [0.29, 0.717) is 11.6 Å². The van der Waals surface area contributed by atoms with Crippen molar-refractivity contribution in [2.24, 2.45) is 13.0 Å². The third kappa shape index (κ3) is 3.72. The smallest absolute Gasteiger partial charge is 0.273 e. The molecule has 1 aliphatic rings. The minimum Gasteiger partial charge on any atom is -0.356 e. The van der Waals surface area contributed by atoms with Gasteiger partial charge in [0.1, 0.15) is 17.8 Å². The fourth-order valence-electron chi connectivity index (χ4n) is 3.15. The quantitative estimate of drug-likeness (QED) is 0.851. The second-order valence-electron chi connectivity index (χ2n) is 6.56. The van der Waals surface area contributed by atoms with E-state index in [1.54, 1.807) is 28.3 Å². The van der Waals surface area contributed by atoms with E-state index in [2.05, 4.69) is 19.9 Å². The third-order valence-corrected chi connectivity index (χ3v) is 4.53. The molecule has 1 fully saturated rings. The molecule has 0 N–H and O–H groups in total. The molecule has 0 unspecified atom stereocenters. The van der Waals surface area contributed by atoms with E-state index in [1.807, 2.05) is 27.1 Å². The Morgan fingerprint density at radius 2 is 2.04 bits per heavy atom. The number of carbonyl (C=O) groups excluding carboxylic acids is 1. The summed E-state index contributed by atoms with van der Waals surface area (Å²) in [6.45, 7) is 4.68. The van der Waals surface area contributed by atoms with Crippen molar-refractivity contribution < 1.29 is 4.79 Å². The highest BCUT2D eigenvalue weighted by Crippen LogP contribution is 2.22. The van der Waals surface area contributed by atoms with Crippen molar-refractivity contribution in [2.75, 3.05) is 31.6 Å². The summed E-state index contributed by atoms with van der Waals surface area (Å²) in [6.07, 6.45) is 7.16. The molecule has 7 nitrogen and oxygen atoms in total. The van der Waals surface area contributed by atoms with Crippen LogP contribution in [0.2, 0.25) is 0 Å². The number of carbonyl (C=O) groups is 1. The lowest BCUT2D eigenvalue weighted by molar-refractivity contribution is 0.0759.